The molecule has 0 atom stereocenters. The van der Waals surface area contributed by atoms with Crippen molar-refractivity contribution in [1.82, 2.24) is 9.55 Å². The molecule has 0 fully saturated rings. The standard InChI is InChI=1S/C42H26N2O/c1-25-10-8-19-38-39(25)44(27-21-23-33-31-15-5-4-13-29(31)30-14-6-7-16-32(30)37(33)24-27)42(43-38)36-18-9-17-34-35-22-20-26-11-2-3-12-28(26)40(35)45-41(34)36/h2-24H,1H3/i1D3. The van der Waals surface area contributed by atoms with Crippen molar-refractivity contribution in [3.63, 3.8) is 0 Å². The Morgan fingerprint density at radius 1 is 0.533 bits per heavy atom. The summed E-state index contributed by atoms with van der Waals surface area (Å²) in [6.45, 7) is -2.35. The first-order valence-electron chi connectivity index (χ1n) is 16.6. The molecule has 0 aliphatic carbocycles. The van der Waals surface area contributed by atoms with Crippen molar-refractivity contribution in [1.29, 1.82) is 0 Å². The second-order valence-corrected chi connectivity index (χ2v) is 11.7. The summed E-state index contributed by atoms with van der Waals surface area (Å²) in [5.74, 6) is 0.625. The van der Waals surface area contributed by atoms with Crippen LogP contribution in [0.3, 0.4) is 0 Å². The maximum atomic E-state index is 8.51. The highest BCUT2D eigenvalue weighted by Crippen LogP contribution is 2.42. The first kappa shape index (κ1) is 21.7. The Labute approximate surface area is 262 Å². The normalized spacial score (nSPS) is 13.4. The Kier molecular flexibility index (Phi) is 4.36. The van der Waals surface area contributed by atoms with Crippen molar-refractivity contribution in [2.45, 2.75) is 6.85 Å². The van der Waals surface area contributed by atoms with Gasteiger partial charge in [0.1, 0.15) is 17.0 Å². The molecule has 2 aromatic heterocycles. The van der Waals surface area contributed by atoms with Gasteiger partial charge in [-0.15, -0.1) is 0 Å². The van der Waals surface area contributed by atoms with Gasteiger partial charge in [0.25, 0.3) is 0 Å². The summed E-state index contributed by atoms with van der Waals surface area (Å²) in [6, 6.07) is 47.3. The van der Waals surface area contributed by atoms with Crippen LogP contribution in [0.25, 0.3) is 93.1 Å². The first-order chi connectivity index (χ1) is 23.5. The van der Waals surface area contributed by atoms with Crippen LogP contribution in [0.1, 0.15) is 9.68 Å². The summed E-state index contributed by atoms with van der Waals surface area (Å²) in [6.07, 6.45) is 0. The minimum atomic E-state index is -2.35. The van der Waals surface area contributed by atoms with E-state index in [4.69, 9.17) is 13.5 Å². The van der Waals surface area contributed by atoms with Gasteiger partial charge in [0, 0.05) is 26.0 Å². The van der Waals surface area contributed by atoms with Gasteiger partial charge < -0.3 is 4.42 Å². The Morgan fingerprint density at radius 2 is 1.16 bits per heavy atom. The summed E-state index contributed by atoms with van der Waals surface area (Å²) in [7, 11) is 0. The summed E-state index contributed by atoms with van der Waals surface area (Å²) in [5.41, 5.74) is 4.60. The van der Waals surface area contributed by atoms with E-state index in [1.54, 1.807) is 12.1 Å². The topological polar surface area (TPSA) is 31.0 Å². The highest BCUT2D eigenvalue weighted by atomic mass is 16.3. The van der Waals surface area contributed by atoms with Crippen molar-refractivity contribution in [3.8, 4) is 17.1 Å². The second kappa shape index (κ2) is 9.04. The average molecular weight is 578 g/mol. The van der Waals surface area contributed by atoms with Gasteiger partial charge in [0.05, 0.1) is 16.6 Å². The second-order valence-electron chi connectivity index (χ2n) is 11.7. The number of fused-ring (bicyclic) bond motifs is 12. The molecule has 3 heteroatoms. The highest BCUT2D eigenvalue weighted by molar-refractivity contribution is 6.25. The predicted octanol–water partition coefficient (Wildman–Crippen LogP) is 11.5. The van der Waals surface area contributed by atoms with E-state index in [9.17, 15) is 0 Å². The van der Waals surface area contributed by atoms with Crippen LogP contribution in [0.4, 0.5) is 0 Å². The molecule has 2 heterocycles. The highest BCUT2D eigenvalue weighted by Gasteiger charge is 2.22. The molecule has 0 bridgehead atoms. The molecule has 0 spiro atoms. The molecule has 10 rings (SSSR count). The van der Waals surface area contributed by atoms with Gasteiger partial charge in [-0.05, 0) is 80.5 Å². The Balaban J connectivity index is 1.34. The van der Waals surface area contributed by atoms with Crippen LogP contribution < -0.4 is 0 Å². The minimum absolute atomic E-state index is 0.255. The Hall–Kier alpha value is -5.93. The van der Waals surface area contributed by atoms with Crippen LogP contribution in [-0.2, 0) is 0 Å². The quantitative estimate of drug-likeness (QED) is 0.191. The minimum Gasteiger partial charge on any atom is -0.455 e. The number of nitrogens with zero attached hydrogens (tertiary/aromatic N) is 2. The molecular formula is C42H26N2O. The van der Waals surface area contributed by atoms with E-state index in [1.165, 1.54) is 16.2 Å². The van der Waals surface area contributed by atoms with Crippen molar-refractivity contribution in [2.75, 3.05) is 0 Å². The molecular weight excluding hydrogens is 548 g/mol. The fourth-order valence-corrected chi connectivity index (χ4v) is 7.30. The third-order valence-electron chi connectivity index (χ3n) is 9.29. The van der Waals surface area contributed by atoms with E-state index in [0.717, 1.165) is 54.5 Å². The van der Waals surface area contributed by atoms with Crippen molar-refractivity contribution < 1.29 is 8.53 Å². The lowest BCUT2D eigenvalue weighted by Crippen LogP contribution is -1.99. The molecule has 210 valence electrons. The largest absolute Gasteiger partial charge is 0.455 e. The number of aryl methyl sites for hydroxylation is 1. The van der Waals surface area contributed by atoms with Gasteiger partial charge in [-0.3, -0.25) is 4.57 Å². The zero-order valence-electron chi connectivity index (χ0n) is 27.1. The van der Waals surface area contributed by atoms with Crippen molar-refractivity contribution in [3.05, 3.63) is 145 Å². The lowest BCUT2D eigenvalue weighted by atomic mass is 9.94. The van der Waals surface area contributed by atoms with E-state index in [0.29, 0.717) is 22.4 Å². The number of para-hydroxylation sites is 2. The van der Waals surface area contributed by atoms with Gasteiger partial charge >= 0.3 is 0 Å². The summed E-state index contributed by atoms with van der Waals surface area (Å²) < 4.78 is 34.3. The zero-order valence-corrected chi connectivity index (χ0v) is 24.1. The van der Waals surface area contributed by atoms with Gasteiger partial charge in [-0.2, -0.15) is 0 Å². The average Bonchev–Trinajstić information content (AvgIpc) is 3.70. The van der Waals surface area contributed by atoms with Crippen LogP contribution in [0.2, 0.25) is 0 Å². The third kappa shape index (κ3) is 3.38. The molecule has 0 N–H and O–H groups in total. The summed E-state index contributed by atoms with van der Waals surface area (Å²) in [5, 5.41) is 11.1. The number of benzene rings is 8. The number of furan rings is 1. The maximum absolute atomic E-state index is 8.51. The van der Waals surface area contributed by atoms with Gasteiger partial charge in [-0.25, -0.2) is 4.98 Å². The van der Waals surface area contributed by atoms with E-state index >= 15 is 0 Å². The molecule has 0 saturated carbocycles. The molecule has 3 nitrogen and oxygen atoms in total. The smallest absolute Gasteiger partial charge is 0.149 e. The SMILES string of the molecule is [2H]C([2H])([2H])c1cccc2nc(-c3cccc4c3oc3c5ccccc5ccc43)n(-c3ccc4c5ccccc5c5ccccc5c4c3)c12. The fourth-order valence-electron chi connectivity index (χ4n) is 7.30. The zero-order chi connectivity index (χ0) is 32.1. The van der Waals surface area contributed by atoms with E-state index in [1.807, 2.05) is 34.9 Å². The molecule has 0 saturated heterocycles. The number of imidazole rings is 1. The van der Waals surface area contributed by atoms with Gasteiger partial charge in [-0.1, -0.05) is 109 Å². The third-order valence-corrected chi connectivity index (χ3v) is 9.29. The van der Waals surface area contributed by atoms with Gasteiger partial charge in [0.15, 0.2) is 0 Å². The molecule has 0 aliphatic heterocycles. The molecule has 0 aliphatic rings. The van der Waals surface area contributed by atoms with E-state index in [2.05, 4.69) is 97.1 Å². The summed E-state index contributed by atoms with van der Waals surface area (Å²) >= 11 is 0. The van der Waals surface area contributed by atoms with Crippen LogP contribution in [0, 0.1) is 6.85 Å². The number of aromatic nitrogens is 2. The molecule has 0 unspecified atom stereocenters. The molecule has 10 aromatic rings. The van der Waals surface area contributed by atoms with Crippen LogP contribution >= 0.6 is 0 Å². The van der Waals surface area contributed by atoms with Crippen LogP contribution in [0.5, 0.6) is 0 Å². The number of hydrogen-bond acceptors (Lipinski definition) is 2. The fraction of sp³-hybridized carbons (Fsp3) is 0.0238. The van der Waals surface area contributed by atoms with E-state index < -0.39 is 6.85 Å². The molecule has 8 aromatic carbocycles. The number of rotatable bonds is 2. The van der Waals surface area contributed by atoms with Gasteiger partial charge in [0.2, 0.25) is 0 Å². The Bertz CT molecular complexity index is 2920. The molecule has 0 amide bonds. The Morgan fingerprint density at radius 3 is 1.93 bits per heavy atom. The summed E-state index contributed by atoms with van der Waals surface area (Å²) in [4.78, 5) is 5.16. The molecule has 0 radical (unpaired) electrons. The maximum Gasteiger partial charge on any atom is 0.149 e. The number of hydrogen-bond donors (Lipinski definition) is 0. The van der Waals surface area contributed by atoms with Crippen LogP contribution in [-0.4, -0.2) is 9.55 Å². The predicted molar refractivity (Wildman–Crippen MR) is 189 cm³/mol. The monoisotopic (exact) mass is 577 g/mol. The van der Waals surface area contributed by atoms with Crippen molar-refractivity contribution in [2.24, 2.45) is 0 Å². The lowest BCUT2D eigenvalue weighted by molar-refractivity contribution is 0.673. The van der Waals surface area contributed by atoms with Crippen molar-refractivity contribution >= 4 is 76.1 Å². The first-order valence-corrected chi connectivity index (χ1v) is 15.1. The van der Waals surface area contributed by atoms with E-state index in [-0.39, 0.29) is 5.56 Å². The lowest BCUT2D eigenvalue weighted by Gasteiger charge is -2.15. The molecule has 45 heavy (non-hydrogen) atoms. The van der Waals surface area contributed by atoms with Crippen LogP contribution in [0.15, 0.2) is 144 Å².